The molecule has 148 valence electrons. The van der Waals surface area contributed by atoms with E-state index in [9.17, 15) is 9.59 Å². The van der Waals surface area contributed by atoms with Crippen LogP contribution in [0.25, 0.3) is 10.4 Å². The van der Waals surface area contributed by atoms with E-state index in [0.717, 1.165) is 28.8 Å². The monoisotopic (exact) mass is 424 g/mol. The minimum Gasteiger partial charge on any atom is -0.397 e. The lowest BCUT2D eigenvalue weighted by molar-refractivity contribution is 0.0974. The summed E-state index contributed by atoms with van der Waals surface area (Å²) in [5.74, 6) is 0.380. The predicted molar refractivity (Wildman–Crippen MR) is 120 cm³/mol. The van der Waals surface area contributed by atoms with Crippen LogP contribution >= 0.6 is 22.9 Å². The highest BCUT2D eigenvalue weighted by molar-refractivity contribution is 7.18. The van der Waals surface area contributed by atoms with Crippen LogP contribution in [-0.2, 0) is 0 Å². The molecule has 2 aromatic carbocycles. The Balaban J connectivity index is 1.54. The van der Waals surface area contributed by atoms with Crippen LogP contribution in [0.15, 0.2) is 48.5 Å². The third kappa shape index (κ3) is 4.52. The van der Waals surface area contributed by atoms with Crippen molar-refractivity contribution in [1.29, 1.82) is 0 Å². The van der Waals surface area contributed by atoms with Gasteiger partial charge in [-0.3, -0.25) is 9.59 Å². The van der Waals surface area contributed by atoms with Gasteiger partial charge in [-0.2, -0.15) is 0 Å². The lowest BCUT2D eigenvalue weighted by Gasteiger charge is -2.10. The van der Waals surface area contributed by atoms with Gasteiger partial charge in [0.25, 0.3) is 5.91 Å². The molecule has 0 unspecified atom stereocenters. The van der Waals surface area contributed by atoms with Crippen LogP contribution in [0.1, 0.15) is 44.9 Å². The number of amides is 1. The maximum absolute atomic E-state index is 12.9. The van der Waals surface area contributed by atoms with Crippen molar-refractivity contribution in [3.8, 4) is 10.4 Å². The molecular weight excluding hydrogens is 404 g/mol. The van der Waals surface area contributed by atoms with Crippen molar-refractivity contribution in [1.82, 2.24) is 0 Å². The number of carbonyl (C=O) groups excluding carboxylic acids is 2. The van der Waals surface area contributed by atoms with E-state index in [1.165, 1.54) is 11.3 Å². The van der Waals surface area contributed by atoms with Crippen molar-refractivity contribution >= 4 is 46.0 Å². The summed E-state index contributed by atoms with van der Waals surface area (Å²) in [4.78, 5) is 26.6. The smallest absolute Gasteiger partial charge is 0.267 e. The average molecular weight is 425 g/mol. The second kappa shape index (κ2) is 8.01. The highest BCUT2D eigenvalue weighted by atomic mass is 35.5. The highest BCUT2D eigenvalue weighted by Crippen LogP contribution is 2.35. The Morgan fingerprint density at radius 2 is 1.86 bits per heavy atom. The summed E-state index contributed by atoms with van der Waals surface area (Å²) in [5, 5.41) is 3.58. The fourth-order valence-corrected chi connectivity index (χ4v) is 4.26. The zero-order chi connectivity index (χ0) is 20.5. The van der Waals surface area contributed by atoms with Gasteiger partial charge in [0.2, 0.25) is 0 Å². The molecule has 1 aromatic heterocycles. The first-order valence-electron chi connectivity index (χ1n) is 9.51. The average Bonchev–Trinajstić information content (AvgIpc) is 3.42. The number of nitrogen functional groups attached to an aromatic ring is 1. The van der Waals surface area contributed by atoms with Crippen LogP contribution in [0.3, 0.4) is 0 Å². The number of aryl methyl sites for hydroxylation is 1. The summed E-state index contributed by atoms with van der Waals surface area (Å²) in [6.07, 6.45) is 2.85. The number of ketones is 1. The van der Waals surface area contributed by atoms with Crippen LogP contribution in [-0.4, -0.2) is 11.7 Å². The van der Waals surface area contributed by atoms with Crippen LogP contribution in [0.2, 0.25) is 5.02 Å². The normalized spacial score (nSPS) is 13.3. The van der Waals surface area contributed by atoms with Gasteiger partial charge >= 0.3 is 0 Å². The van der Waals surface area contributed by atoms with Gasteiger partial charge in [-0.25, -0.2) is 0 Å². The van der Waals surface area contributed by atoms with Gasteiger partial charge < -0.3 is 11.1 Å². The number of nitrogens with two attached hydrogens (primary N) is 1. The summed E-state index contributed by atoms with van der Waals surface area (Å²) in [6.45, 7) is 1.90. The number of anilines is 2. The highest BCUT2D eigenvalue weighted by Gasteiger charge is 2.25. The number of carbonyl (C=O) groups is 2. The number of hydrogen-bond donors (Lipinski definition) is 2. The molecule has 1 aliphatic carbocycles. The van der Waals surface area contributed by atoms with Crippen molar-refractivity contribution in [3.63, 3.8) is 0 Å². The van der Waals surface area contributed by atoms with Gasteiger partial charge in [0.1, 0.15) is 4.88 Å². The molecule has 1 aliphatic rings. The number of rotatable bonds is 6. The molecule has 3 aromatic rings. The first kappa shape index (κ1) is 19.7. The second-order valence-corrected chi connectivity index (χ2v) is 8.95. The molecular formula is C23H21ClN2O2S. The minimum absolute atomic E-state index is 0.128. The minimum atomic E-state index is -0.275. The van der Waals surface area contributed by atoms with E-state index in [4.69, 9.17) is 17.3 Å². The number of benzene rings is 2. The molecule has 29 heavy (non-hydrogen) atoms. The Bertz CT molecular complexity index is 1080. The molecule has 1 amide bonds. The molecule has 4 nitrogen and oxygen atoms in total. The zero-order valence-electron chi connectivity index (χ0n) is 16.0. The van der Waals surface area contributed by atoms with Gasteiger partial charge in [-0.15, -0.1) is 11.3 Å². The van der Waals surface area contributed by atoms with Crippen molar-refractivity contribution < 1.29 is 9.59 Å². The number of nitrogens with one attached hydrogen (secondary N) is 1. The van der Waals surface area contributed by atoms with Crippen LogP contribution in [0.4, 0.5) is 11.4 Å². The third-order valence-electron chi connectivity index (χ3n) is 5.07. The van der Waals surface area contributed by atoms with E-state index >= 15 is 0 Å². The molecule has 4 rings (SSSR count). The molecule has 3 N–H and O–H groups in total. The van der Waals surface area contributed by atoms with Crippen molar-refractivity contribution in [2.24, 2.45) is 5.92 Å². The Morgan fingerprint density at radius 3 is 2.55 bits per heavy atom. The van der Waals surface area contributed by atoms with Crippen LogP contribution in [0, 0.1) is 12.8 Å². The van der Waals surface area contributed by atoms with Gasteiger partial charge in [0.05, 0.1) is 5.69 Å². The molecule has 0 bridgehead atoms. The van der Waals surface area contributed by atoms with Crippen molar-refractivity contribution in [2.45, 2.75) is 26.2 Å². The van der Waals surface area contributed by atoms with Gasteiger partial charge in [-0.05, 0) is 61.1 Å². The summed E-state index contributed by atoms with van der Waals surface area (Å²) in [6, 6.07) is 14.7. The molecule has 1 heterocycles. The number of hydrogen-bond acceptors (Lipinski definition) is 4. The van der Waals surface area contributed by atoms with Crippen LogP contribution in [0.5, 0.6) is 0 Å². The largest absolute Gasteiger partial charge is 0.397 e. The molecule has 0 saturated heterocycles. The van der Waals surface area contributed by atoms with E-state index in [-0.39, 0.29) is 11.7 Å². The second-order valence-electron chi connectivity index (χ2n) is 7.46. The Labute approximate surface area is 178 Å². The quantitative estimate of drug-likeness (QED) is 0.463. The lowest BCUT2D eigenvalue weighted by atomic mass is 10.0. The fraction of sp³-hybridized carbons (Fsp3) is 0.217. The van der Waals surface area contributed by atoms with Crippen LogP contribution < -0.4 is 11.1 Å². The molecule has 0 atom stereocenters. The summed E-state index contributed by atoms with van der Waals surface area (Å²) in [7, 11) is 0. The van der Waals surface area contributed by atoms with E-state index in [1.807, 2.05) is 31.2 Å². The maximum Gasteiger partial charge on any atom is 0.267 e. The Kier molecular flexibility index (Phi) is 5.43. The van der Waals surface area contributed by atoms with E-state index in [1.54, 1.807) is 24.3 Å². The van der Waals surface area contributed by atoms with E-state index in [2.05, 4.69) is 5.32 Å². The number of thiophene rings is 1. The molecule has 1 fully saturated rings. The predicted octanol–water partition coefficient (Wildman–Crippen LogP) is 6.19. The number of halogens is 1. The molecule has 0 spiro atoms. The first-order chi connectivity index (χ1) is 13.9. The standard InChI is InChI=1S/C23H21ClN2O2S/c1-13-2-5-16(20(27)10-14-3-4-14)11-19(13)26-23(28)22-18(25)12-21(29-22)15-6-8-17(24)9-7-15/h2,5-9,11-12,14H,3-4,10,25H2,1H3,(H,26,28). The Morgan fingerprint density at radius 1 is 1.14 bits per heavy atom. The third-order valence-corrected chi connectivity index (χ3v) is 6.53. The van der Waals surface area contributed by atoms with Crippen molar-refractivity contribution in [3.05, 3.63) is 69.6 Å². The van der Waals surface area contributed by atoms with E-state index in [0.29, 0.717) is 39.2 Å². The topological polar surface area (TPSA) is 72.2 Å². The number of Topliss-reactive ketones (excluding diaryl/α,β-unsaturated/α-hetero) is 1. The lowest BCUT2D eigenvalue weighted by Crippen LogP contribution is -2.13. The van der Waals surface area contributed by atoms with Gasteiger partial charge in [0.15, 0.2) is 5.78 Å². The van der Waals surface area contributed by atoms with E-state index < -0.39 is 0 Å². The molecule has 1 saturated carbocycles. The van der Waals surface area contributed by atoms with Gasteiger partial charge in [0, 0.05) is 27.6 Å². The summed E-state index contributed by atoms with van der Waals surface area (Å²) in [5.41, 5.74) is 9.66. The maximum atomic E-state index is 12.9. The van der Waals surface area contributed by atoms with Crippen molar-refractivity contribution in [2.75, 3.05) is 11.1 Å². The van der Waals surface area contributed by atoms with Gasteiger partial charge in [-0.1, -0.05) is 35.9 Å². The molecule has 0 radical (unpaired) electrons. The summed E-state index contributed by atoms with van der Waals surface area (Å²) >= 11 is 7.28. The zero-order valence-corrected chi connectivity index (χ0v) is 17.6. The first-order valence-corrected chi connectivity index (χ1v) is 10.7. The molecule has 0 aliphatic heterocycles. The Hall–Kier alpha value is -2.63. The molecule has 6 heteroatoms. The summed E-state index contributed by atoms with van der Waals surface area (Å²) < 4.78 is 0. The SMILES string of the molecule is Cc1ccc(C(=O)CC2CC2)cc1NC(=O)c1sc(-c2ccc(Cl)cc2)cc1N. The fourth-order valence-electron chi connectivity index (χ4n) is 3.15.